The molecule has 0 aromatic heterocycles. The van der Waals surface area contributed by atoms with Crippen LogP contribution in [0, 0.1) is 5.92 Å². The van der Waals surface area contributed by atoms with Crippen LogP contribution in [-0.4, -0.2) is 5.78 Å². The van der Waals surface area contributed by atoms with Crippen molar-refractivity contribution in [2.75, 3.05) is 0 Å². The van der Waals surface area contributed by atoms with Gasteiger partial charge in [0.15, 0.2) is 0 Å². The van der Waals surface area contributed by atoms with Crippen LogP contribution in [0.1, 0.15) is 55.6 Å². The van der Waals surface area contributed by atoms with Crippen molar-refractivity contribution < 1.29 is 4.79 Å². The summed E-state index contributed by atoms with van der Waals surface area (Å²) in [6.07, 6.45) is 7.94. The summed E-state index contributed by atoms with van der Waals surface area (Å²) in [5.74, 6) is 1.87. The first-order valence-corrected chi connectivity index (χ1v) is 6.92. The highest BCUT2D eigenvalue weighted by Gasteiger charge is 2.27. The quantitative estimate of drug-likeness (QED) is 0.751. The SMILES string of the molecule is O=C1CCC(CC2CCCc3ccccc32)C1. The third kappa shape index (κ3) is 2.29. The zero-order chi connectivity index (χ0) is 11.7. The summed E-state index contributed by atoms with van der Waals surface area (Å²) in [4.78, 5) is 11.3. The zero-order valence-electron chi connectivity index (χ0n) is 10.3. The van der Waals surface area contributed by atoms with Crippen LogP contribution in [0.4, 0.5) is 0 Å². The van der Waals surface area contributed by atoms with E-state index >= 15 is 0 Å². The Hall–Kier alpha value is -1.11. The van der Waals surface area contributed by atoms with Crippen molar-refractivity contribution >= 4 is 5.78 Å². The van der Waals surface area contributed by atoms with Gasteiger partial charge in [-0.05, 0) is 55.1 Å². The molecule has 1 fully saturated rings. The van der Waals surface area contributed by atoms with E-state index in [4.69, 9.17) is 0 Å². The van der Waals surface area contributed by atoms with Gasteiger partial charge in [-0.1, -0.05) is 24.3 Å². The number of benzene rings is 1. The second-order valence-electron chi connectivity index (χ2n) is 5.67. The van der Waals surface area contributed by atoms with E-state index in [2.05, 4.69) is 24.3 Å². The topological polar surface area (TPSA) is 17.1 Å². The Morgan fingerprint density at radius 2 is 2.00 bits per heavy atom. The molecule has 0 spiro atoms. The first-order valence-electron chi connectivity index (χ1n) is 6.92. The molecule has 0 aliphatic heterocycles. The van der Waals surface area contributed by atoms with Gasteiger partial charge in [-0.2, -0.15) is 0 Å². The van der Waals surface area contributed by atoms with Gasteiger partial charge in [0.25, 0.3) is 0 Å². The van der Waals surface area contributed by atoms with Gasteiger partial charge in [-0.25, -0.2) is 0 Å². The van der Waals surface area contributed by atoms with Gasteiger partial charge in [0.05, 0.1) is 0 Å². The minimum atomic E-state index is 0.485. The van der Waals surface area contributed by atoms with Crippen molar-refractivity contribution in [3.05, 3.63) is 35.4 Å². The first kappa shape index (κ1) is 11.0. The molecule has 2 unspecified atom stereocenters. The molecule has 2 aliphatic rings. The highest BCUT2D eigenvalue weighted by atomic mass is 16.1. The molecule has 0 saturated heterocycles. The number of ketones is 1. The molecule has 0 radical (unpaired) electrons. The third-order valence-corrected chi connectivity index (χ3v) is 4.46. The van der Waals surface area contributed by atoms with Crippen molar-refractivity contribution in [1.29, 1.82) is 0 Å². The Balaban J connectivity index is 1.74. The molecule has 0 heterocycles. The number of Topliss-reactive ketones (excluding diaryl/α,β-unsaturated/α-hetero) is 1. The Bertz CT molecular complexity index is 421. The molecular weight excluding hydrogens is 208 g/mol. The van der Waals surface area contributed by atoms with Gasteiger partial charge in [-0.15, -0.1) is 0 Å². The van der Waals surface area contributed by atoms with Crippen molar-refractivity contribution in [1.82, 2.24) is 0 Å². The smallest absolute Gasteiger partial charge is 0.133 e. The van der Waals surface area contributed by atoms with Crippen molar-refractivity contribution in [3.8, 4) is 0 Å². The standard InChI is InChI=1S/C16H20O/c17-15-9-8-12(11-15)10-14-6-3-5-13-4-1-2-7-16(13)14/h1-2,4,7,12,14H,3,5-6,8-11H2. The molecule has 2 aliphatic carbocycles. The lowest BCUT2D eigenvalue weighted by Crippen LogP contribution is -2.12. The Kier molecular flexibility index (Phi) is 3.00. The van der Waals surface area contributed by atoms with E-state index in [1.54, 1.807) is 11.1 Å². The lowest BCUT2D eigenvalue weighted by molar-refractivity contribution is -0.117. The maximum Gasteiger partial charge on any atom is 0.133 e. The van der Waals surface area contributed by atoms with Crippen LogP contribution in [0.5, 0.6) is 0 Å². The van der Waals surface area contributed by atoms with E-state index in [0.717, 1.165) is 25.2 Å². The van der Waals surface area contributed by atoms with Crippen LogP contribution in [0.2, 0.25) is 0 Å². The summed E-state index contributed by atoms with van der Waals surface area (Å²) in [6.45, 7) is 0. The van der Waals surface area contributed by atoms with E-state index in [1.165, 1.54) is 25.7 Å². The van der Waals surface area contributed by atoms with Crippen LogP contribution >= 0.6 is 0 Å². The number of carbonyl (C=O) groups is 1. The fraction of sp³-hybridized carbons (Fsp3) is 0.562. The molecule has 1 aromatic rings. The van der Waals surface area contributed by atoms with E-state index in [1.807, 2.05) is 0 Å². The molecule has 1 aromatic carbocycles. The normalized spacial score (nSPS) is 28.1. The Labute approximate surface area is 103 Å². The average Bonchev–Trinajstić information content (AvgIpc) is 2.75. The summed E-state index contributed by atoms with van der Waals surface area (Å²) in [5, 5.41) is 0. The van der Waals surface area contributed by atoms with Crippen LogP contribution in [0.15, 0.2) is 24.3 Å². The third-order valence-electron chi connectivity index (χ3n) is 4.46. The molecule has 90 valence electrons. The van der Waals surface area contributed by atoms with Gasteiger partial charge < -0.3 is 0 Å². The highest BCUT2D eigenvalue weighted by molar-refractivity contribution is 5.80. The Morgan fingerprint density at radius 1 is 1.12 bits per heavy atom. The molecule has 1 heteroatoms. The lowest BCUT2D eigenvalue weighted by atomic mass is 9.78. The van der Waals surface area contributed by atoms with Crippen LogP contribution < -0.4 is 0 Å². The van der Waals surface area contributed by atoms with Crippen molar-refractivity contribution in [3.63, 3.8) is 0 Å². The largest absolute Gasteiger partial charge is 0.300 e. The second kappa shape index (κ2) is 4.64. The zero-order valence-corrected chi connectivity index (χ0v) is 10.3. The van der Waals surface area contributed by atoms with Gasteiger partial charge >= 0.3 is 0 Å². The minimum absolute atomic E-state index is 0.485. The molecule has 1 saturated carbocycles. The molecule has 1 nitrogen and oxygen atoms in total. The number of fused-ring (bicyclic) bond motifs is 1. The fourth-order valence-corrected chi connectivity index (χ4v) is 3.59. The molecule has 0 bridgehead atoms. The van der Waals surface area contributed by atoms with Gasteiger partial charge in [0, 0.05) is 12.8 Å². The lowest BCUT2D eigenvalue weighted by Gasteiger charge is -2.27. The predicted octanol–water partition coefficient (Wildman–Crippen LogP) is 3.87. The Morgan fingerprint density at radius 3 is 2.82 bits per heavy atom. The molecule has 0 amide bonds. The molecular formula is C16H20O. The minimum Gasteiger partial charge on any atom is -0.300 e. The fourth-order valence-electron chi connectivity index (χ4n) is 3.59. The highest BCUT2D eigenvalue weighted by Crippen LogP contribution is 2.39. The van der Waals surface area contributed by atoms with E-state index in [-0.39, 0.29) is 0 Å². The van der Waals surface area contributed by atoms with Crippen molar-refractivity contribution in [2.24, 2.45) is 5.92 Å². The van der Waals surface area contributed by atoms with E-state index in [0.29, 0.717) is 11.7 Å². The maximum absolute atomic E-state index is 11.3. The van der Waals surface area contributed by atoms with Crippen molar-refractivity contribution in [2.45, 2.75) is 50.9 Å². The number of hydrogen-bond donors (Lipinski definition) is 0. The van der Waals surface area contributed by atoms with E-state index in [9.17, 15) is 4.79 Å². The molecule has 2 atom stereocenters. The molecule has 17 heavy (non-hydrogen) atoms. The molecule has 0 N–H and O–H groups in total. The summed E-state index contributed by atoms with van der Waals surface area (Å²) in [6, 6.07) is 8.90. The number of hydrogen-bond acceptors (Lipinski definition) is 1. The number of aryl methyl sites for hydroxylation is 1. The predicted molar refractivity (Wildman–Crippen MR) is 69.1 cm³/mol. The van der Waals surface area contributed by atoms with Crippen LogP contribution in [0.3, 0.4) is 0 Å². The maximum atomic E-state index is 11.3. The summed E-state index contributed by atoms with van der Waals surface area (Å²) >= 11 is 0. The summed E-state index contributed by atoms with van der Waals surface area (Å²) in [5.41, 5.74) is 3.12. The van der Waals surface area contributed by atoms with Crippen LogP contribution in [-0.2, 0) is 11.2 Å². The summed E-state index contributed by atoms with van der Waals surface area (Å²) in [7, 11) is 0. The van der Waals surface area contributed by atoms with Gasteiger partial charge in [0.2, 0.25) is 0 Å². The van der Waals surface area contributed by atoms with Gasteiger partial charge in [0.1, 0.15) is 5.78 Å². The summed E-state index contributed by atoms with van der Waals surface area (Å²) < 4.78 is 0. The van der Waals surface area contributed by atoms with Crippen LogP contribution in [0.25, 0.3) is 0 Å². The number of carbonyl (C=O) groups excluding carboxylic acids is 1. The first-order chi connectivity index (χ1) is 8.33. The average molecular weight is 228 g/mol. The number of rotatable bonds is 2. The monoisotopic (exact) mass is 228 g/mol. The second-order valence-corrected chi connectivity index (χ2v) is 5.67. The van der Waals surface area contributed by atoms with Gasteiger partial charge in [-0.3, -0.25) is 4.79 Å². The molecule has 3 rings (SSSR count). The van der Waals surface area contributed by atoms with E-state index < -0.39 is 0 Å².